The third-order valence-corrected chi connectivity index (χ3v) is 7.74. The maximum Gasteiger partial charge on any atom is 0.0534 e. The monoisotopic (exact) mass is 436 g/mol. The molecular formula is C26H32N2S2. The van der Waals surface area contributed by atoms with Crippen molar-refractivity contribution in [2.75, 3.05) is 30.9 Å². The molecule has 1 aliphatic heterocycles. The first-order chi connectivity index (χ1) is 14.6. The minimum atomic E-state index is 0.552. The first kappa shape index (κ1) is 21.6. The van der Waals surface area contributed by atoms with Crippen LogP contribution in [0, 0.1) is 6.92 Å². The van der Waals surface area contributed by atoms with E-state index in [0.29, 0.717) is 5.92 Å². The maximum atomic E-state index is 2.60. The van der Waals surface area contributed by atoms with E-state index in [9.17, 15) is 0 Å². The highest BCUT2D eigenvalue weighted by molar-refractivity contribution is 7.99. The number of benzene rings is 2. The fraction of sp³-hybridized carbons (Fsp3) is 0.385. The number of rotatable bonds is 6. The zero-order chi connectivity index (χ0) is 21.1. The molecule has 0 unspecified atom stereocenters. The summed E-state index contributed by atoms with van der Waals surface area (Å²) in [5.41, 5.74) is 8.01. The lowest BCUT2D eigenvalue weighted by atomic mass is 10.0. The summed E-state index contributed by atoms with van der Waals surface area (Å²) in [6.45, 7) is 10.2. The fourth-order valence-electron chi connectivity index (χ4n) is 4.13. The Morgan fingerprint density at radius 2 is 1.63 bits per heavy atom. The summed E-state index contributed by atoms with van der Waals surface area (Å²) >= 11 is 3.87. The second kappa shape index (κ2) is 9.67. The summed E-state index contributed by atoms with van der Waals surface area (Å²) in [6.07, 6.45) is 2.13. The number of nitrogens with zero attached hydrogens (tertiary/aromatic N) is 2. The molecule has 3 aromatic rings. The molecule has 0 saturated carbocycles. The molecule has 0 amide bonds. The number of aromatic nitrogens is 1. The molecule has 1 fully saturated rings. The van der Waals surface area contributed by atoms with Crippen LogP contribution in [0.25, 0.3) is 16.9 Å². The lowest BCUT2D eigenvalue weighted by molar-refractivity contribution is 0.294. The van der Waals surface area contributed by atoms with Crippen LogP contribution in [0.15, 0.2) is 59.5 Å². The third-order valence-electron chi connectivity index (χ3n) is 6.05. The van der Waals surface area contributed by atoms with Gasteiger partial charge in [-0.3, -0.25) is 4.90 Å². The van der Waals surface area contributed by atoms with Crippen LogP contribution in [-0.4, -0.2) is 40.3 Å². The van der Waals surface area contributed by atoms with Crippen LogP contribution in [0.2, 0.25) is 0 Å². The summed E-state index contributed by atoms with van der Waals surface area (Å²) in [4.78, 5) is 3.91. The first-order valence-corrected chi connectivity index (χ1v) is 13.2. The lowest BCUT2D eigenvalue weighted by Gasteiger charge is -2.26. The van der Waals surface area contributed by atoms with Gasteiger partial charge in [0.2, 0.25) is 0 Å². The highest BCUT2D eigenvalue weighted by atomic mass is 32.2. The smallest absolute Gasteiger partial charge is 0.0534 e. The van der Waals surface area contributed by atoms with E-state index in [-0.39, 0.29) is 0 Å². The molecule has 1 saturated heterocycles. The van der Waals surface area contributed by atoms with Crippen molar-refractivity contribution in [1.29, 1.82) is 0 Å². The van der Waals surface area contributed by atoms with E-state index < -0.39 is 0 Å². The minimum absolute atomic E-state index is 0.552. The highest BCUT2D eigenvalue weighted by Crippen LogP contribution is 2.32. The summed E-state index contributed by atoms with van der Waals surface area (Å²) in [7, 11) is 0. The van der Waals surface area contributed by atoms with Crippen molar-refractivity contribution in [2.45, 2.75) is 38.1 Å². The van der Waals surface area contributed by atoms with Crippen molar-refractivity contribution in [1.82, 2.24) is 9.47 Å². The topological polar surface area (TPSA) is 8.17 Å². The van der Waals surface area contributed by atoms with Crippen LogP contribution in [-0.2, 0) is 6.54 Å². The molecule has 0 radical (unpaired) electrons. The summed E-state index contributed by atoms with van der Waals surface area (Å²) in [5, 5.41) is 0. The SMILES string of the molecule is CSc1ccc(-c2cc(CN3CCSCC3)c(C)n2-c2ccc(C(C)C)cc2)cc1. The van der Waals surface area contributed by atoms with Gasteiger partial charge in [-0.15, -0.1) is 11.8 Å². The Kier molecular flexibility index (Phi) is 6.97. The Bertz CT molecular complexity index is 966. The molecular weight excluding hydrogens is 404 g/mol. The average molecular weight is 437 g/mol. The van der Waals surface area contributed by atoms with Gasteiger partial charge in [0.05, 0.1) is 5.69 Å². The molecule has 30 heavy (non-hydrogen) atoms. The standard InChI is InChI=1S/C26H32N2S2/c1-19(2)21-5-9-24(10-6-21)28-20(3)23(18-27-13-15-30-16-14-27)17-26(28)22-7-11-25(29-4)12-8-22/h5-12,17,19H,13-16,18H2,1-4H3. The van der Waals surface area contributed by atoms with E-state index in [1.165, 1.54) is 63.3 Å². The average Bonchev–Trinajstić information content (AvgIpc) is 3.10. The van der Waals surface area contributed by atoms with Crippen LogP contribution in [0.1, 0.15) is 36.6 Å². The molecule has 1 aromatic heterocycles. The number of hydrogen-bond donors (Lipinski definition) is 0. The second-order valence-corrected chi connectivity index (χ2v) is 10.4. The van der Waals surface area contributed by atoms with E-state index in [4.69, 9.17) is 0 Å². The molecule has 4 rings (SSSR count). The first-order valence-electron chi connectivity index (χ1n) is 10.8. The normalized spacial score (nSPS) is 15.1. The predicted octanol–water partition coefficient (Wildman–Crippen LogP) is 6.85. The van der Waals surface area contributed by atoms with Crippen molar-refractivity contribution in [3.05, 3.63) is 71.4 Å². The molecule has 2 nitrogen and oxygen atoms in total. The van der Waals surface area contributed by atoms with Crippen LogP contribution in [0.5, 0.6) is 0 Å². The van der Waals surface area contributed by atoms with E-state index in [0.717, 1.165) is 6.54 Å². The van der Waals surface area contributed by atoms with Gasteiger partial charge in [-0.05, 0) is 66.1 Å². The van der Waals surface area contributed by atoms with Gasteiger partial charge in [0.15, 0.2) is 0 Å². The highest BCUT2D eigenvalue weighted by Gasteiger charge is 2.18. The van der Waals surface area contributed by atoms with Gasteiger partial charge in [0.25, 0.3) is 0 Å². The Morgan fingerprint density at radius 3 is 2.23 bits per heavy atom. The Hall–Kier alpha value is -1.62. The molecule has 0 bridgehead atoms. The molecule has 0 spiro atoms. The van der Waals surface area contributed by atoms with Gasteiger partial charge in [-0.1, -0.05) is 38.1 Å². The number of thioether (sulfide) groups is 2. The quantitative estimate of drug-likeness (QED) is 0.391. The molecule has 158 valence electrons. The van der Waals surface area contributed by atoms with Crippen LogP contribution >= 0.6 is 23.5 Å². The molecule has 0 N–H and O–H groups in total. The summed E-state index contributed by atoms with van der Waals surface area (Å²) in [5.74, 6) is 3.05. The molecule has 4 heteroatoms. The molecule has 0 atom stereocenters. The van der Waals surface area contributed by atoms with Crippen molar-refractivity contribution in [3.8, 4) is 16.9 Å². The molecule has 1 aliphatic rings. The van der Waals surface area contributed by atoms with Crippen LogP contribution in [0.4, 0.5) is 0 Å². The van der Waals surface area contributed by atoms with E-state index >= 15 is 0 Å². The summed E-state index contributed by atoms with van der Waals surface area (Å²) in [6, 6.07) is 20.5. The van der Waals surface area contributed by atoms with Gasteiger partial charge in [0.1, 0.15) is 0 Å². The van der Waals surface area contributed by atoms with Gasteiger partial charge in [-0.2, -0.15) is 11.8 Å². The molecule has 2 aromatic carbocycles. The van der Waals surface area contributed by atoms with E-state index in [1.807, 2.05) is 0 Å². The van der Waals surface area contributed by atoms with Gasteiger partial charge >= 0.3 is 0 Å². The second-order valence-electron chi connectivity index (χ2n) is 8.34. The fourth-order valence-corrected chi connectivity index (χ4v) is 5.52. The van der Waals surface area contributed by atoms with E-state index in [1.54, 1.807) is 11.8 Å². The molecule has 0 aliphatic carbocycles. The maximum absolute atomic E-state index is 2.60. The predicted molar refractivity (Wildman–Crippen MR) is 134 cm³/mol. The Morgan fingerprint density at radius 1 is 0.967 bits per heavy atom. The Labute approximate surface area is 190 Å². The minimum Gasteiger partial charge on any atom is -0.314 e. The molecule has 2 heterocycles. The number of hydrogen-bond acceptors (Lipinski definition) is 3. The van der Waals surface area contributed by atoms with Crippen molar-refractivity contribution in [2.24, 2.45) is 0 Å². The van der Waals surface area contributed by atoms with Crippen molar-refractivity contribution >= 4 is 23.5 Å². The van der Waals surface area contributed by atoms with E-state index in [2.05, 4.69) is 103 Å². The van der Waals surface area contributed by atoms with Crippen LogP contribution in [0.3, 0.4) is 0 Å². The van der Waals surface area contributed by atoms with Gasteiger partial charge in [-0.25, -0.2) is 0 Å². The Balaban J connectivity index is 1.76. The zero-order valence-electron chi connectivity index (χ0n) is 18.5. The van der Waals surface area contributed by atoms with Gasteiger partial charge in [0, 0.05) is 47.4 Å². The van der Waals surface area contributed by atoms with Crippen molar-refractivity contribution < 1.29 is 0 Å². The zero-order valence-corrected chi connectivity index (χ0v) is 20.2. The van der Waals surface area contributed by atoms with Gasteiger partial charge < -0.3 is 4.57 Å². The summed E-state index contributed by atoms with van der Waals surface area (Å²) < 4.78 is 2.45. The third kappa shape index (κ3) is 4.66. The lowest BCUT2D eigenvalue weighted by Crippen LogP contribution is -2.32. The largest absolute Gasteiger partial charge is 0.314 e. The van der Waals surface area contributed by atoms with Crippen LogP contribution < -0.4 is 0 Å². The van der Waals surface area contributed by atoms with Crippen molar-refractivity contribution in [3.63, 3.8) is 0 Å².